The first-order valence-electron chi connectivity index (χ1n) is 6.87. The van der Waals surface area contributed by atoms with Crippen LogP contribution in [0.15, 0.2) is 18.2 Å². The summed E-state index contributed by atoms with van der Waals surface area (Å²) in [4.78, 5) is 2.48. The average Bonchev–Trinajstić information content (AvgIpc) is 2.48. The van der Waals surface area contributed by atoms with Gasteiger partial charge in [0.05, 0.1) is 14.2 Å². The molecule has 0 radical (unpaired) electrons. The largest absolute Gasteiger partial charge is 0.497 e. The molecule has 5 heteroatoms. The van der Waals surface area contributed by atoms with E-state index in [0.29, 0.717) is 6.04 Å². The van der Waals surface area contributed by atoms with Crippen molar-refractivity contribution in [3.8, 4) is 11.5 Å². The van der Waals surface area contributed by atoms with Crippen molar-refractivity contribution in [2.75, 3.05) is 34.4 Å². The molecule has 1 heterocycles. The van der Waals surface area contributed by atoms with Gasteiger partial charge in [0.2, 0.25) is 0 Å². The Bertz CT molecular complexity index is 407. The predicted octanol–water partition coefficient (Wildman–Crippen LogP) is 2.31. The fourth-order valence-electron chi connectivity index (χ4n) is 2.63. The molecule has 0 unspecified atom stereocenters. The highest BCUT2D eigenvalue weighted by molar-refractivity contribution is 5.85. The number of piperidine rings is 1. The minimum atomic E-state index is 0. The number of benzene rings is 1. The van der Waals surface area contributed by atoms with Crippen LogP contribution in [0, 0.1) is 0 Å². The van der Waals surface area contributed by atoms with Crippen molar-refractivity contribution in [1.29, 1.82) is 0 Å². The molecule has 1 N–H and O–H groups in total. The Kier molecular flexibility index (Phi) is 7.13. The lowest BCUT2D eigenvalue weighted by Crippen LogP contribution is -2.40. The van der Waals surface area contributed by atoms with E-state index in [0.717, 1.165) is 31.1 Å². The first kappa shape index (κ1) is 17.1. The Morgan fingerprint density at radius 2 is 1.90 bits per heavy atom. The summed E-state index contributed by atoms with van der Waals surface area (Å²) in [5, 5.41) is 3.36. The fourth-order valence-corrected chi connectivity index (χ4v) is 2.63. The molecule has 0 saturated carbocycles. The Morgan fingerprint density at radius 1 is 1.20 bits per heavy atom. The van der Waals surface area contributed by atoms with E-state index in [-0.39, 0.29) is 12.4 Å². The summed E-state index contributed by atoms with van der Waals surface area (Å²) in [5.41, 5.74) is 1.20. The van der Waals surface area contributed by atoms with E-state index in [9.17, 15) is 0 Å². The fraction of sp³-hybridized carbons (Fsp3) is 0.600. The van der Waals surface area contributed by atoms with E-state index >= 15 is 0 Å². The lowest BCUT2D eigenvalue weighted by molar-refractivity contribution is 0.192. The quantitative estimate of drug-likeness (QED) is 0.905. The zero-order valence-electron chi connectivity index (χ0n) is 12.5. The van der Waals surface area contributed by atoms with Gasteiger partial charge in [0.1, 0.15) is 11.5 Å². The van der Waals surface area contributed by atoms with Gasteiger partial charge < -0.3 is 14.8 Å². The van der Waals surface area contributed by atoms with Crippen LogP contribution in [0.4, 0.5) is 0 Å². The topological polar surface area (TPSA) is 33.7 Å². The van der Waals surface area contributed by atoms with Crippen LogP contribution in [0.3, 0.4) is 0 Å². The Balaban J connectivity index is 0.00000200. The number of nitrogens with zero attached hydrogens (tertiary/aromatic N) is 1. The van der Waals surface area contributed by atoms with E-state index in [1.54, 1.807) is 14.2 Å². The molecule has 0 spiro atoms. The molecule has 0 bridgehead atoms. The van der Waals surface area contributed by atoms with Crippen LogP contribution in [-0.4, -0.2) is 45.3 Å². The molecule has 1 aromatic carbocycles. The van der Waals surface area contributed by atoms with Crippen molar-refractivity contribution < 1.29 is 9.47 Å². The molecule has 0 aliphatic carbocycles. The molecule has 0 aromatic heterocycles. The minimum Gasteiger partial charge on any atom is -0.497 e. The summed E-state index contributed by atoms with van der Waals surface area (Å²) >= 11 is 0. The van der Waals surface area contributed by atoms with Crippen molar-refractivity contribution in [2.24, 2.45) is 0 Å². The molecule has 1 aliphatic rings. The van der Waals surface area contributed by atoms with Crippen LogP contribution in [0.1, 0.15) is 18.4 Å². The summed E-state index contributed by atoms with van der Waals surface area (Å²) in [6, 6.07) is 6.66. The van der Waals surface area contributed by atoms with Crippen molar-refractivity contribution in [2.45, 2.75) is 25.4 Å². The molecule has 1 aliphatic heterocycles. The summed E-state index contributed by atoms with van der Waals surface area (Å²) in [6.07, 6.45) is 2.42. The highest BCUT2D eigenvalue weighted by Gasteiger charge is 2.19. The molecule has 4 nitrogen and oxygen atoms in total. The molecular formula is C15H25ClN2O2. The molecule has 0 amide bonds. The number of methoxy groups -OCH3 is 2. The number of likely N-dealkylation sites (tertiary alicyclic amines) is 1. The van der Waals surface area contributed by atoms with Crippen molar-refractivity contribution >= 4 is 12.4 Å². The number of hydrogen-bond donors (Lipinski definition) is 1. The van der Waals surface area contributed by atoms with Crippen molar-refractivity contribution in [3.05, 3.63) is 23.8 Å². The van der Waals surface area contributed by atoms with Gasteiger partial charge in [0.15, 0.2) is 0 Å². The van der Waals surface area contributed by atoms with Gasteiger partial charge in [0, 0.05) is 18.2 Å². The van der Waals surface area contributed by atoms with E-state index in [1.807, 2.05) is 19.2 Å². The maximum atomic E-state index is 5.43. The molecule has 1 fully saturated rings. The number of rotatable bonds is 5. The monoisotopic (exact) mass is 300 g/mol. The summed E-state index contributed by atoms with van der Waals surface area (Å²) < 4.78 is 10.7. The predicted molar refractivity (Wildman–Crippen MR) is 84.2 cm³/mol. The molecule has 1 aromatic rings. The zero-order chi connectivity index (χ0) is 13.7. The minimum absolute atomic E-state index is 0. The Hall–Kier alpha value is -0.970. The van der Waals surface area contributed by atoms with Crippen LogP contribution < -0.4 is 14.8 Å². The standard InChI is InChI=1S/C15H24N2O2.ClH/c1-16-13-6-8-17(9-7-13)11-12-10-14(18-2)4-5-15(12)19-3;/h4-5,10,13,16H,6-9,11H2,1-3H3;1H. The summed E-state index contributed by atoms with van der Waals surface area (Å²) in [7, 11) is 5.47. The number of nitrogens with one attached hydrogen (secondary N) is 1. The summed E-state index contributed by atoms with van der Waals surface area (Å²) in [6.45, 7) is 3.19. The van der Waals surface area contributed by atoms with E-state index in [4.69, 9.17) is 9.47 Å². The molecule has 0 atom stereocenters. The third-order valence-electron chi connectivity index (χ3n) is 3.88. The highest BCUT2D eigenvalue weighted by Crippen LogP contribution is 2.26. The molecule has 114 valence electrons. The Labute approximate surface area is 127 Å². The van der Waals surface area contributed by atoms with E-state index < -0.39 is 0 Å². The summed E-state index contributed by atoms with van der Waals surface area (Å²) in [5.74, 6) is 1.83. The van der Waals surface area contributed by atoms with Gasteiger partial charge in [-0.1, -0.05) is 0 Å². The normalized spacial score (nSPS) is 16.6. The van der Waals surface area contributed by atoms with Crippen LogP contribution in [0.25, 0.3) is 0 Å². The Morgan fingerprint density at radius 3 is 2.45 bits per heavy atom. The van der Waals surface area contributed by atoms with E-state index in [1.165, 1.54) is 18.4 Å². The van der Waals surface area contributed by atoms with Crippen LogP contribution in [0.2, 0.25) is 0 Å². The van der Waals surface area contributed by atoms with Crippen LogP contribution >= 0.6 is 12.4 Å². The maximum absolute atomic E-state index is 5.43. The van der Waals surface area contributed by atoms with Gasteiger partial charge in [-0.3, -0.25) is 4.90 Å². The van der Waals surface area contributed by atoms with E-state index in [2.05, 4.69) is 16.3 Å². The van der Waals surface area contributed by atoms with Gasteiger partial charge in [-0.25, -0.2) is 0 Å². The molecule has 2 rings (SSSR count). The van der Waals surface area contributed by atoms with Crippen LogP contribution in [0.5, 0.6) is 11.5 Å². The van der Waals surface area contributed by atoms with Crippen molar-refractivity contribution in [1.82, 2.24) is 10.2 Å². The molecular weight excluding hydrogens is 276 g/mol. The first-order valence-corrected chi connectivity index (χ1v) is 6.87. The maximum Gasteiger partial charge on any atom is 0.123 e. The second kappa shape index (κ2) is 8.35. The second-order valence-electron chi connectivity index (χ2n) is 5.02. The average molecular weight is 301 g/mol. The van der Waals surface area contributed by atoms with Gasteiger partial charge in [-0.05, 0) is 51.2 Å². The van der Waals surface area contributed by atoms with Gasteiger partial charge in [-0.2, -0.15) is 0 Å². The molecule has 1 saturated heterocycles. The second-order valence-corrected chi connectivity index (χ2v) is 5.02. The first-order chi connectivity index (χ1) is 9.26. The lowest BCUT2D eigenvalue weighted by Gasteiger charge is -2.32. The zero-order valence-corrected chi connectivity index (χ0v) is 13.3. The third-order valence-corrected chi connectivity index (χ3v) is 3.88. The number of ether oxygens (including phenoxy) is 2. The lowest BCUT2D eigenvalue weighted by atomic mass is 10.0. The third kappa shape index (κ3) is 4.27. The van der Waals surface area contributed by atoms with Gasteiger partial charge >= 0.3 is 0 Å². The number of hydrogen-bond acceptors (Lipinski definition) is 4. The number of halogens is 1. The SMILES string of the molecule is CNC1CCN(Cc2cc(OC)ccc2OC)CC1.Cl. The van der Waals surface area contributed by atoms with Gasteiger partial charge in [-0.15, -0.1) is 12.4 Å². The van der Waals surface area contributed by atoms with Crippen LogP contribution in [-0.2, 0) is 6.54 Å². The highest BCUT2D eigenvalue weighted by atomic mass is 35.5. The van der Waals surface area contributed by atoms with Crippen molar-refractivity contribution in [3.63, 3.8) is 0 Å². The smallest absolute Gasteiger partial charge is 0.123 e. The molecule has 20 heavy (non-hydrogen) atoms. The van der Waals surface area contributed by atoms with Gasteiger partial charge in [0.25, 0.3) is 0 Å².